The predicted octanol–water partition coefficient (Wildman–Crippen LogP) is 2.23. The zero-order valence-electron chi connectivity index (χ0n) is 19.0. The number of hydrogen-bond acceptors (Lipinski definition) is 5. The number of benzene rings is 2. The molecule has 3 aromatic rings. The molecule has 1 N–H and O–H groups in total. The lowest BCUT2D eigenvalue weighted by atomic mass is 9.96. The van der Waals surface area contributed by atoms with Crippen LogP contribution in [0.15, 0.2) is 40.0 Å². The SMILES string of the molecule is CN1CCC(CN2CCN(S(=O)(=O)c3ccc4[nH]c(=O)c5cccc6c5c4c3C6)CC2)CC1. The summed E-state index contributed by atoms with van der Waals surface area (Å²) in [7, 11) is -1.42. The Labute approximate surface area is 194 Å². The maximum atomic E-state index is 13.7. The van der Waals surface area contributed by atoms with Gasteiger partial charge in [-0.05, 0) is 68.2 Å². The van der Waals surface area contributed by atoms with Gasteiger partial charge in [0.2, 0.25) is 10.0 Å². The first-order chi connectivity index (χ1) is 15.9. The monoisotopic (exact) mass is 466 g/mol. The smallest absolute Gasteiger partial charge is 0.256 e. The molecule has 0 spiro atoms. The van der Waals surface area contributed by atoms with Crippen LogP contribution in [0.4, 0.5) is 0 Å². The van der Waals surface area contributed by atoms with Crippen molar-refractivity contribution in [3.8, 4) is 0 Å². The van der Waals surface area contributed by atoms with Crippen molar-refractivity contribution in [3.05, 3.63) is 51.8 Å². The first kappa shape index (κ1) is 21.3. The molecule has 2 saturated heterocycles. The molecule has 0 atom stereocenters. The maximum Gasteiger partial charge on any atom is 0.256 e. The largest absolute Gasteiger partial charge is 0.321 e. The minimum atomic E-state index is -3.60. The lowest BCUT2D eigenvalue weighted by molar-refractivity contribution is 0.130. The van der Waals surface area contributed by atoms with Gasteiger partial charge in [-0.25, -0.2) is 8.42 Å². The summed E-state index contributed by atoms with van der Waals surface area (Å²) in [5, 5.41) is 2.43. The molecule has 7 nitrogen and oxygen atoms in total. The lowest BCUT2D eigenvalue weighted by Gasteiger charge is -2.38. The molecule has 0 bridgehead atoms. The van der Waals surface area contributed by atoms with Crippen LogP contribution in [0.5, 0.6) is 0 Å². The number of nitrogens with one attached hydrogen (secondary N) is 1. The number of sulfonamides is 1. The second kappa shape index (κ2) is 7.91. The van der Waals surface area contributed by atoms with Crippen molar-refractivity contribution in [1.82, 2.24) is 19.1 Å². The van der Waals surface area contributed by atoms with Crippen LogP contribution in [0.3, 0.4) is 0 Å². The minimum Gasteiger partial charge on any atom is -0.321 e. The molecule has 2 aromatic carbocycles. The van der Waals surface area contributed by atoms with Crippen molar-refractivity contribution in [1.29, 1.82) is 0 Å². The highest BCUT2D eigenvalue weighted by Crippen LogP contribution is 2.39. The predicted molar refractivity (Wildman–Crippen MR) is 130 cm³/mol. The summed E-state index contributed by atoms with van der Waals surface area (Å²) < 4.78 is 29.1. The van der Waals surface area contributed by atoms with E-state index in [2.05, 4.69) is 21.8 Å². The molecule has 0 unspecified atom stereocenters. The number of rotatable bonds is 4. The van der Waals surface area contributed by atoms with Gasteiger partial charge in [0, 0.05) is 60.8 Å². The lowest BCUT2D eigenvalue weighted by Crippen LogP contribution is -2.50. The van der Waals surface area contributed by atoms with Gasteiger partial charge in [0.15, 0.2) is 0 Å². The van der Waals surface area contributed by atoms with Gasteiger partial charge >= 0.3 is 0 Å². The van der Waals surface area contributed by atoms with E-state index in [1.807, 2.05) is 18.2 Å². The zero-order chi connectivity index (χ0) is 22.7. The number of H-pyrrole nitrogens is 1. The normalized spacial score (nSPS) is 21.0. The highest BCUT2D eigenvalue weighted by atomic mass is 32.2. The summed E-state index contributed by atoms with van der Waals surface area (Å²) in [6.07, 6.45) is 3.01. The van der Waals surface area contributed by atoms with Crippen LogP contribution in [0, 0.1) is 5.92 Å². The van der Waals surface area contributed by atoms with Crippen molar-refractivity contribution < 1.29 is 8.42 Å². The zero-order valence-corrected chi connectivity index (χ0v) is 19.8. The second-order valence-electron chi connectivity index (χ2n) is 9.89. The van der Waals surface area contributed by atoms with Crippen LogP contribution in [-0.2, 0) is 16.4 Å². The number of nitrogens with zero attached hydrogens (tertiary/aromatic N) is 3. The van der Waals surface area contributed by atoms with Gasteiger partial charge in [0.1, 0.15) is 0 Å². The van der Waals surface area contributed by atoms with Crippen LogP contribution in [0.1, 0.15) is 24.0 Å². The van der Waals surface area contributed by atoms with Crippen molar-refractivity contribution in [2.75, 3.05) is 52.9 Å². The average molecular weight is 467 g/mol. The van der Waals surface area contributed by atoms with E-state index in [4.69, 9.17) is 0 Å². The quantitative estimate of drug-likeness (QED) is 0.467. The molecule has 0 radical (unpaired) electrons. The van der Waals surface area contributed by atoms with Gasteiger partial charge in [-0.1, -0.05) is 12.1 Å². The van der Waals surface area contributed by atoms with E-state index in [9.17, 15) is 13.2 Å². The summed E-state index contributed by atoms with van der Waals surface area (Å²) in [5.41, 5.74) is 2.45. The third-order valence-electron chi connectivity index (χ3n) is 7.83. The molecule has 0 amide bonds. The second-order valence-corrected chi connectivity index (χ2v) is 11.8. The van der Waals surface area contributed by atoms with Crippen molar-refractivity contribution in [2.24, 2.45) is 5.92 Å². The number of pyridine rings is 1. The topological polar surface area (TPSA) is 76.7 Å². The van der Waals surface area contributed by atoms with Gasteiger partial charge in [0.25, 0.3) is 5.56 Å². The first-order valence-corrected chi connectivity index (χ1v) is 13.4. The summed E-state index contributed by atoms with van der Waals surface area (Å²) in [6.45, 7) is 6.01. The molecular weight excluding hydrogens is 436 g/mol. The molecule has 2 fully saturated rings. The van der Waals surface area contributed by atoms with Crippen molar-refractivity contribution in [3.63, 3.8) is 0 Å². The Hall–Kier alpha value is -2.26. The summed E-state index contributed by atoms with van der Waals surface area (Å²) >= 11 is 0. The summed E-state index contributed by atoms with van der Waals surface area (Å²) in [4.78, 5) is 20.6. The van der Waals surface area contributed by atoms with Crippen LogP contribution in [-0.4, -0.2) is 80.4 Å². The molecule has 1 aliphatic carbocycles. The third kappa shape index (κ3) is 3.51. The molecule has 6 rings (SSSR count). The summed E-state index contributed by atoms with van der Waals surface area (Å²) in [6, 6.07) is 9.13. The van der Waals surface area contributed by atoms with E-state index in [0.717, 1.165) is 54.6 Å². The summed E-state index contributed by atoms with van der Waals surface area (Å²) in [5.74, 6) is 0.716. The third-order valence-corrected chi connectivity index (χ3v) is 9.82. The molecule has 3 aliphatic rings. The van der Waals surface area contributed by atoms with Crippen molar-refractivity contribution >= 4 is 31.7 Å². The fraction of sp³-hybridized carbons (Fsp3) is 0.480. The highest BCUT2D eigenvalue weighted by Gasteiger charge is 2.33. The molecule has 2 aliphatic heterocycles. The maximum absolute atomic E-state index is 13.7. The van der Waals surface area contributed by atoms with Crippen LogP contribution >= 0.6 is 0 Å². The van der Waals surface area contributed by atoms with E-state index in [-0.39, 0.29) is 5.56 Å². The Balaban J connectivity index is 1.26. The number of likely N-dealkylation sites (tertiary alicyclic amines) is 1. The number of aromatic nitrogens is 1. The van der Waals surface area contributed by atoms with E-state index in [1.54, 1.807) is 16.4 Å². The Morgan fingerprint density at radius 2 is 1.73 bits per heavy atom. The van der Waals surface area contributed by atoms with Gasteiger partial charge in [0.05, 0.1) is 4.90 Å². The van der Waals surface area contributed by atoms with E-state index >= 15 is 0 Å². The molecule has 3 heterocycles. The van der Waals surface area contributed by atoms with Gasteiger partial charge in [-0.15, -0.1) is 0 Å². The molecule has 8 heteroatoms. The molecule has 1 aromatic heterocycles. The average Bonchev–Trinajstić information content (AvgIpc) is 3.20. The standard InChI is InChI=1S/C25H30N4O3S/c1-27-9-7-17(8-10-27)16-28-11-13-29(14-12-28)33(31,32)22-6-5-21-24-20(22)15-18-3-2-4-19(23(18)24)25(30)26-21/h2-6,17H,7-16H2,1H3,(H,26,30). The Bertz CT molecular complexity index is 1400. The van der Waals surface area contributed by atoms with Crippen LogP contribution in [0.2, 0.25) is 0 Å². The highest BCUT2D eigenvalue weighted by molar-refractivity contribution is 7.89. The molecule has 33 heavy (non-hydrogen) atoms. The van der Waals surface area contributed by atoms with Crippen molar-refractivity contribution in [2.45, 2.75) is 24.2 Å². The van der Waals surface area contributed by atoms with Gasteiger partial charge in [-0.2, -0.15) is 4.31 Å². The van der Waals surface area contributed by atoms with Crippen LogP contribution in [0.25, 0.3) is 21.7 Å². The van der Waals surface area contributed by atoms with Crippen LogP contribution < -0.4 is 5.56 Å². The van der Waals surface area contributed by atoms with Gasteiger partial charge < -0.3 is 14.8 Å². The fourth-order valence-electron chi connectivity index (χ4n) is 5.95. The van der Waals surface area contributed by atoms with Gasteiger partial charge in [-0.3, -0.25) is 4.79 Å². The van der Waals surface area contributed by atoms with E-state index in [0.29, 0.717) is 41.2 Å². The Morgan fingerprint density at radius 3 is 2.48 bits per heavy atom. The number of piperidine rings is 1. The fourth-order valence-corrected chi connectivity index (χ4v) is 7.60. The van der Waals surface area contributed by atoms with E-state index < -0.39 is 10.0 Å². The number of aromatic amines is 1. The Morgan fingerprint density at radius 1 is 0.970 bits per heavy atom. The number of piperazine rings is 1. The van der Waals surface area contributed by atoms with E-state index in [1.165, 1.54) is 12.8 Å². The Kier molecular flexibility index (Phi) is 5.10. The first-order valence-electron chi connectivity index (χ1n) is 11.9. The minimum absolute atomic E-state index is 0.122. The number of hydrogen-bond donors (Lipinski definition) is 1. The molecule has 174 valence electrons. The molecule has 0 saturated carbocycles. The molecular formula is C25H30N4O3S.